The molecule has 0 unspecified atom stereocenters. The fourth-order valence-corrected chi connectivity index (χ4v) is 3.23. The zero-order chi connectivity index (χ0) is 19.6. The summed E-state index contributed by atoms with van der Waals surface area (Å²) < 4.78 is 0. The van der Waals surface area contributed by atoms with Crippen molar-refractivity contribution in [2.24, 2.45) is 5.10 Å². The molecular weight excluding hydrogens is 342 g/mol. The summed E-state index contributed by atoms with van der Waals surface area (Å²) in [5, 5.41) is 6.74. The number of rotatable bonds is 9. The second kappa shape index (κ2) is 10.3. The largest absolute Gasteiger partial charge is 0.372 e. The third kappa shape index (κ3) is 5.23. The van der Waals surface area contributed by atoms with Crippen LogP contribution < -0.4 is 9.91 Å². The third-order valence-corrected chi connectivity index (χ3v) is 4.57. The summed E-state index contributed by atoms with van der Waals surface area (Å²) in [7, 11) is 0. The van der Waals surface area contributed by atoms with Gasteiger partial charge in [-0.3, -0.25) is 0 Å². The molecule has 3 heteroatoms. The molecule has 0 heterocycles. The van der Waals surface area contributed by atoms with E-state index in [1.807, 2.05) is 47.6 Å². The lowest BCUT2D eigenvalue weighted by Gasteiger charge is -2.23. The Morgan fingerprint density at radius 2 is 1.14 bits per heavy atom. The summed E-state index contributed by atoms with van der Waals surface area (Å²) in [5.74, 6) is 0. The van der Waals surface area contributed by atoms with Crippen LogP contribution in [0.1, 0.15) is 32.3 Å². The van der Waals surface area contributed by atoms with E-state index < -0.39 is 0 Å². The maximum atomic E-state index is 4.78. The van der Waals surface area contributed by atoms with Crippen molar-refractivity contribution in [3.63, 3.8) is 0 Å². The highest BCUT2D eigenvalue weighted by Crippen LogP contribution is 2.25. The van der Waals surface area contributed by atoms with E-state index in [0.29, 0.717) is 0 Å². The van der Waals surface area contributed by atoms with Crippen LogP contribution in [0.5, 0.6) is 0 Å². The summed E-state index contributed by atoms with van der Waals surface area (Å²) in [5.41, 5.74) is 4.45. The Morgan fingerprint density at radius 3 is 1.61 bits per heavy atom. The molecule has 144 valence electrons. The normalized spacial score (nSPS) is 10.9. The number of hydrazone groups is 1. The molecule has 0 spiro atoms. The van der Waals surface area contributed by atoms with Crippen LogP contribution >= 0.6 is 0 Å². The molecule has 0 saturated heterocycles. The van der Waals surface area contributed by atoms with Gasteiger partial charge in [0.1, 0.15) is 0 Å². The summed E-state index contributed by atoms with van der Waals surface area (Å²) in [6, 6.07) is 29.1. The number of hydrogen-bond acceptors (Lipinski definition) is 3. The number of para-hydroxylation sites is 2. The van der Waals surface area contributed by atoms with Gasteiger partial charge in [0.2, 0.25) is 0 Å². The van der Waals surface area contributed by atoms with Crippen molar-refractivity contribution in [2.75, 3.05) is 23.0 Å². The fourth-order valence-electron chi connectivity index (χ4n) is 3.23. The molecule has 3 nitrogen and oxygen atoms in total. The molecule has 0 fully saturated rings. The molecule has 3 rings (SSSR count). The Morgan fingerprint density at radius 1 is 0.643 bits per heavy atom. The van der Waals surface area contributed by atoms with Gasteiger partial charge in [-0.25, -0.2) is 5.01 Å². The zero-order valence-electron chi connectivity index (χ0n) is 16.8. The summed E-state index contributed by atoms with van der Waals surface area (Å²) in [6.07, 6.45) is 4.24. The van der Waals surface area contributed by atoms with Crippen molar-refractivity contribution in [1.29, 1.82) is 0 Å². The highest BCUT2D eigenvalue weighted by Gasteiger charge is 2.07. The Hall–Kier alpha value is -3.07. The van der Waals surface area contributed by atoms with E-state index in [9.17, 15) is 0 Å². The Bertz CT molecular complexity index is 796. The standard InChI is InChI=1S/C25H29N3/c1-3-19-27(20-4-2)23-17-15-22(16-18-23)21-26-28(24-11-7-5-8-12-24)25-13-9-6-10-14-25/h5-18,21H,3-4,19-20H2,1-2H3/b26-21+. The van der Waals surface area contributed by atoms with E-state index in [2.05, 4.69) is 67.3 Å². The quantitative estimate of drug-likeness (QED) is 0.316. The van der Waals surface area contributed by atoms with Crippen LogP contribution in [0.3, 0.4) is 0 Å². The SMILES string of the molecule is CCCN(CCC)c1ccc(/C=N/N(c2ccccc2)c2ccccc2)cc1. The van der Waals surface area contributed by atoms with Crippen molar-refractivity contribution < 1.29 is 0 Å². The molecule has 0 bridgehead atoms. The minimum Gasteiger partial charge on any atom is -0.372 e. The highest BCUT2D eigenvalue weighted by molar-refractivity contribution is 5.82. The average molecular weight is 372 g/mol. The molecule has 0 aromatic heterocycles. The average Bonchev–Trinajstić information content (AvgIpc) is 2.76. The third-order valence-electron chi connectivity index (χ3n) is 4.57. The molecule has 0 radical (unpaired) electrons. The molecule has 0 aliphatic heterocycles. The minimum absolute atomic E-state index is 1.04. The van der Waals surface area contributed by atoms with E-state index in [1.54, 1.807) is 0 Å². The van der Waals surface area contributed by atoms with Crippen molar-refractivity contribution in [3.05, 3.63) is 90.5 Å². The van der Waals surface area contributed by atoms with Crippen LogP contribution in [0.25, 0.3) is 0 Å². The van der Waals surface area contributed by atoms with Gasteiger partial charge in [-0.05, 0) is 54.8 Å². The summed E-state index contributed by atoms with van der Waals surface area (Å²) in [6.45, 7) is 6.64. The lowest BCUT2D eigenvalue weighted by Crippen LogP contribution is -2.24. The first-order valence-electron chi connectivity index (χ1n) is 10.1. The van der Waals surface area contributed by atoms with Gasteiger partial charge in [0.15, 0.2) is 0 Å². The number of benzene rings is 3. The molecule has 0 aliphatic carbocycles. The first-order chi connectivity index (χ1) is 13.8. The van der Waals surface area contributed by atoms with Gasteiger partial charge < -0.3 is 4.90 Å². The monoisotopic (exact) mass is 371 g/mol. The van der Waals surface area contributed by atoms with Crippen LogP contribution in [-0.4, -0.2) is 19.3 Å². The summed E-state index contributed by atoms with van der Waals surface area (Å²) in [4.78, 5) is 2.45. The van der Waals surface area contributed by atoms with Crippen LogP contribution in [0.2, 0.25) is 0 Å². The molecular formula is C25H29N3. The van der Waals surface area contributed by atoms with Gasteiger partial charge in [0, 0.05) is 18.8 Å². The second-order valence-corrected chi connectivity index (χ2v) is 6.81. The van der Waals surface area contributed by atoms with Crippen molar-refractivity contribution in [1.82, 2.24) is 0 Å². The van der Waals surface area contributed by atoms with Crippen LogP contribution in [0.4, 0.5) is 17.1 Å². The molecule has 0 amide bonds. The van der Waals surface area contributed by atoms with Gasteiger partial charge in [0.05, 0.1) is 17.6 Å². The maximum absolute atomic E-state index is 4.78. The maximum Gasteiger partial charge on any atom is 0.0652 e. The van der Waals surface area contributed by atoms with Gasteiger partial charge >= 0.3 is 0 Å². The molecule has 0 saturated carbocycles. The molecule has 0 aliphatic rings. The van der Waals surface area contributed by atoms with Crippen molar-refractivity contribution in [2.45, 2.75) is 26.7 Å². The molecule has 0 atom stereocenters. The van der Waals surface area contributed by atoms with Gasteiger partial charge in [-0.2, -0.15) is 5.10 Å². The fraction of sp³-hybridized carbons (Fsp3) is 0.240. The van der Waals surface area contributed by atoms with Crippen molar-refractivity contribution >= 4 is 23.3 Å². The predicted molar refractivity (Wildman–Crippen MR) is 122 cm³/mol. The van der Waals surface area contributed by atoms with Crippen molar-refractivity contribution in [3.8, 4) is 0 Å². The Labute approximate surface area is 168 Å². The molecule has 28 heavy (non-hydrogen) atoms. The van der Waals surface area contributed by atoms with E-state index >= 15 is 0 Å². The molecule has 0 N–H and O–H groups in total. The number of anilines is 3. The van der Waals surface area contributed by atoms with Gasteiger partial charge in [0.25, 0.3) is 0 Å². The van der Waals surface area contributed by atoms with Crippen LogP contribution in [-0.2, 0) is 0 Å². The Kier molecular flexibility index (Phi) is 7.25. The van der Waals surface area contributed by atoms with E-state index in [1.165, 1.54) is 5.69 Å². The number of hydrogen-bond donors (Lipinski definition) is 0. The zero-order valence-corrected chi connectivity index (χ0v) is 16.8. The lowest BCUT2D eigenvalue weighted by molar-refractivity contribution is 0.745. The first-order valence-corrected chi connectivity index (χ1v) is 10.1. The predicted octanol–water partition coefficient (Wildman–Crippen LogP) is 6.49. The highest BCUT2D eigenvalue weighted by atomic mass is 15.5. The Balaban J connectivity index is 1.81. The lowest BCUT2D eigenvalue weighted by atomic mass is 10.2. The van der Waals surface area contributed by atoms with E-state index in [0.717, 1.165) is 42.9 Å². The first kappa shape index (κ1) is 19.7. The minimum atomic E-state index is 1.04. The molecule has 3 aromatic rings. The smallest absolute Gasteiger partial charge is 0.0652 e. The van der Waals surface area contributed by atoms with E-state index in [-0.39, 0.29) is 0 Å². The van der Waals surface area contributed by atoms with Crippen LogP contribution in [0.15, 0.2) is 90.0 Å². The van der Waals surface area contributed by atoms with E-state index in [4.69, 9.17) is 5.10 Å². The van der Waals surface area contributed by atoms with Gasteiger partial charge in [-0.15, -0.1) is 0 Å². The summed E-state index contributed by atoms with van der Waals surface area (Å²) >= 11 is 0. The van der Waals surface area contributed by atoms with Gasteiger partial charge in [-0.1, -0.05) is 62.4 Å². The van der Waals surface area contributed by atoms with Crippen LogP contribution in [0, 0.1) is 0 Å². The topological polar surface area (TPSA) is 18.8 Å². The number of nitrogens with zero attached hydrogens (tertiary/aromatic N) is 3. The molecule has 3 aromatic carbocycles. The second-order valence-electron chi connectivity index (χ2n) is 6.81.